The van der Waals surface area contributed by atoms with Crippen LogP contribution in [-0.4, -0.2) is 101 Å². The van der Waals surface area contributed by atoms with Crippen LogP contribution in [-0.2, 0) is 6.54 Å². The molecule has 41 heavy (non-hydrogen) atoms. The van der Waals surface area contributed by atoms with Crippen molar-refractivity contribution in [2.45, 2.75) is 25.4 Å². The fourth-order valence-corrected chi connectivity index (χ4v) is 5.62. The number of imidazole rings is 1. The lowest BCUT2D eigenvalue weighted by molar-refractivity contribution is 0.233. The SMILES string of the molecule is COc1cc(-n2cnc(Nc3nc(N4CCC[C@H]4CO)nc4cc(CN5CCNCC5)cn34)c2)cc(OC)c1OC. The maximum Gasteiger partial charge on any atom is 0.230 e. The summed E-state index contributed by atoms with van der Waals surface area (Å²) in [6, 6.07) is 5.87. The average molecular weight is 564 g/mol. The summed E-state index contributed by atoms with van der Waals surface area (Å²) in [5, 5.41) is 16.8. The molecule has 0 bridgehead atoms. The first-order valence-corrected chi connectivity index (χ1v) is 13.9. The van der Waals surface area contributed by atoms with Crippen LogP contribution in [0.2, 0.25) is 0 Å². The summed E-state index contributed by atoms with van der Waals surface area (Å²) in [4.78, 5) is 19.0. The van der Waals surface area contributed by atoms with E-state index in [1.54, 1.807) is 27.7 Å². The fraction of sp³-hybridized carbons (Fsp3) is 0.464. The number of benzene rings is 1. The molecule has 0 amide bonds. The molecule has 3 aromatic heterocycles. The number of methoxy groups -OCH3 is 3. The molecule has 0 radical (unpaired) electrons. The summed E-state index contributed by atoms with van der Waals surface area (Å²) in [5.74, 6) is 3.46. The molecule has 1 aromatic carbocycles. The number of anilines is 3. The lowest BCUT2D eigenvalue weighted by Gasteiger charge is -2.26. The van der Waals surface area contributed by atoms with Gasteiger partial charge in [-0.25, -0.2) is 4.98 Å². The second-order valence-corrected chi connectivity index (χ2v) is 10.3. The number of fused-ring (bicyclic) bond motifs is 1. The van der Waals surface area contributed by atoms with Gasteiger partial charge >= 0.3 is 0 Å². The van der Waals surface area contributed by atoms with Gasteiger partial charge in [0.05, 0.1) is 45.9 Å². The molecule has 2 saturated heterocycles. The highest BCUT2D eigenvalue weighted by Gasteiger charge is 2.27. The van der Waals surface area contributed by atoms with Crippen LogP contribution in [0.4, 0.5) is 17.7 Å². The van der Waals surface area contributed by atoms with Gasteiger partial charge in [0.2, 0.25) is 17.6 Å². The van der Waals surface area contributed by atoms with E-state index in [1.807, 2.05) is 27.3 Å². The van der Waals surface area contributed by atoms with Gasteiger partial charge in [-0.3, -0.25) is 9.30 Å². The molecule has 0 aliphatic carbocycles. The molecule has 0 unspecified atom stereocenters. The van der Waals surface area contributed by atoms with Gasteiger partial charge in [-0.15, -0.1) is 0 Å². The normalized spacial score (nSPS) is 17.8. The number of nitrogens with one attached hydrogen (secondary N) is 2. The Bertz CT molecular complexity index is 1470. The van der Waals surface area contributed by atoms with E-state index < -0.39 is 0 Å². The zero-order valence-corrected chi connectivity index (χ0v) is 23.7. The standard InChI is InChI=1S/C28H37N9O4/c1-39-22-12-21(13-23(40-2)26(22)41-3)35-16-24(30-18-35)31-27-33-28(36-8-4-5-20(36)17-38)32-25-11-19(15-37(25)27)14-34-9-6-29-7-10-34/h11-13,15-16,18,20,29,38H,4-10,14,17H2,1-3H3,(H,31,32,33)/t20-/m0/s1. The highest BCUT2D eigenvalue weighted by molar-refractivity contribution is 5.61. The first kappa shape index (κ1) is 27.1. The summed E-state index contributed by atoms with van der Waals surface area (Å²) in [6.07, 6.45) is 7.61. The fourth-order valence-electron chi connectivity index (χ4n) is 5.62. The number of aromatic nitrogens is 5. The quantitative estimate of drug-likeness (QED) is 0.262. The number of hydrogen-bond acceptors (Lipinski definition) is 11. The zero-order valence-electron chi connectivity index (χ0n) is 23.7. The first-order chi connectivity index (χ1) is 20.1. The lowest BCUT2D eigenvalue weighted by Crippen LogP contribution is -2.42. The minimum Gasteiger partial charge on any atom is -0.493 e. The van der Waals surface area contributed by atoms with E-state index in [0.29, 0.717) is 35.0 Å². The van der Waals surface area contributed by atoms with E-state index in [4.69, 9.17) is 24.2 Å². The average Bonchev–Trinajstić information content (AvgIpc) is 3.76. The molecule has 2 aliphatic heterocycles. The molecule has 3 N–H and O–H groups in total. The van der Waals surface area contributed by atoms with Crippen molar-refractivity contribution in [3.05, 3.63) is 42.5 Å². The van der Waals surface area contributed by atoms with Crippen molar-refractivity contribution in [2.75, 3.05) is 70.9 Å². The number of ether oxygens (including phenoxy) is 3. The van der Waals surface area contributed by atoms with Crippen LogP contribution >= 0.6 is 0 Å². The molecule has 0 saturated carbocycles. The van der Waals surface area contributed by atoms with Crippen LogP contribution < -0.4 is 29.7 Å². The van der Waals surface area contributed by atoms with Crippen LogP contribution in [0, 0.1) is 0 Å². The smallest absolute Gasteiger partial charge is 0.230 e. The van der Waals surface area contributed by atoms with Gasteiger partial charge < -0.3 is 39.4 Å². The molecule has 0 spiro atoms. The maximum atomic E-state index is 9.95. The molecule has 1 atom stereocenters. The third-order valence-corrected chi connectivity index (χ3v) is 7.74. The molecule has 13 heteroatoms. The lowest BCUT2D eigenvalue weighted by atomic mass is 10.2. The van der Waals surface area contributed by atoms with Crippen LogP contribution in [0.1, 0.15) is 18.4 Å². The number of aliphatic hydroxyl groups excluding tert-OH is 1. The molecule has 2 aliphatic rings. The summed E-state index contributed by atoms with van der Waals surface area (Å²) < 4.78 is 20.4. The molecule has 13 nitrogen and oxygen atoms in total. The van der Waals surface area contributed by atoms with E-state index in [0.717, 1.165) is 63.4 Å². The third-order valence-electron chi connectivity index (χ3n) is 7.74. The summed E-state index contributed by atoms with van der Waals surface area (Å²) >= 11 is 0. The van der Waals surface area contributed by atoms with Gasteiger partial charge in [0, 0.05) is 57.6 Å². The Kier molecular flexibility index (Phi) is 7.81. The van der Waals surface area contributed by atoms with Gasteiger partial charge in [-0.2, -0.15) is 9.97 Å². The predicted molar refractivity (Wildman–Crippen MR) is 155 cm³/mol. The molecule has 6 rings (SSSR count). The first-order valence-electron chi connectivity index (χ1n) is 13.9. The highest BCUT2D eigenvalue weighted by atomic mass is 16.5. The van der Waals surface area contributed by atoms with Crippen molar-refractivity contribution >= 4 is 23.4 Å². The predicted octanol–water partition coefficient (Wildman–Crippen LogP) is 2.05. The highest BCUT2D eigenvalue weighted by Crippen LogP contribution is 2.39. The van der Waals surface area contributed by atoms with Crippen molar-refractivity contribution in [1.29, 1.82) is 0 Å². The van der Waals surface area contributed by atoms with Crippen LogP contribution in [0.3, 0.4) is 0 Å². The molecule has 2 fully saturated rings. The molecular weight excluding hydrogens is 526 g/mol. The van der Waals surface area contributed by atoms with Crippen molar-refractivity contribution in [1.82, 2.24) is 34.1 Å². The monoisotopic (exact) mass is 563 g/mol. The van der Waals surface area contributed by atoms with Crippen molar-refractivity contribution < 1.29 is 19.3 Å². The summed E-state index contributed by atoms with van der Waals surface area (Å²) in [6.45, 7) is 5.75. The Labute approximate surface area is 238 Å². The number of nitrogens with zero attached hydrogens (tertiary/aromatic N) is 7. The second kappa shape index (κ2) is 11.8. The van der Waals surface area contributed by atoms with Crippen molar-refractivity contribution in [3.8, 4) is 22.9 Å². The number of piperazine rings is 1. The third kappa shape index (κ3) is 5.47. The Morgan fingerprint density at radius 1 is 1.00 bits per heavy atom. The van der Waals surface area contributed by atoms with Gasteiger partial charge in [0.15, 0.2) is 17.3 Å². The zero-order chi connectivity index (χ0) is 28.3. The van der Waals surface area contributed by atoms with Crippen molar-refractivity contribution in [3.63, 3.8) is 0 Å². The summed E-state index contributed by atoms with van der Waals surface area (Å²) in [7, 11) is 4.77. The largest absolute Gasteiger partial charge is 0.493 e. The molecular formula is C28H37N9O4. The number of rotatable bonds is 10. The van der Waals surface area contributed by atoms with E-state index in [-0.39, 0.29) is 12.6 Å². The van der Waals surface area contributed by atoms with Crippen LogP contribution in [0.15, 0.2) is 36.9 Å². The van der Waals surface area contributed by atoms with E-state index in [1.165, 1.54) is 5.56 Å². The maximum absolute atomic E-state index is 9.95. The van der Waals surface area contributed by atoms with Crippen molar-refractivity contribution in [2.24, 2.45) is 0 Å². The minimum absolute atomic E-state index is 0.0137. The Hall–Kier alpha value is -4.07. The van der Waals surface area contributed by atoms with Gasteiger partial charge in [0.25, 0.3) is 0 Å². The molecule has 5 heterocycles. The Balaban J connectivity index is 1.34. The summed E-state index contributed by atoms with van der Waals surface area (Å²) in [5.41, 5.74) is 2.77. The molecule has 218 valence electrons. The van der Waals surface area contributed by atoms with Gasteiger partial charge in [-0.1, -0.05) is 0 Å². The second-order valence-electron chi connectivity index (χ2n) is 10.3. The number of hydrogen-bond donors (Lipinski definition) is 3. The van der Waals surface area contributed by atoms with Crippen LogP contribution in [0.25, 0.3) is 11.3 Å². The number of aliphatic hydroxyl groups is 1. The Morgan fingerprint density at radius 2 is 1.78 bits per heavy atom. The Morgan fingerprint density at radius 3 is 2.49 bits per heavy atom. The van der Waals surface area contributed by atoms with Crippen LogP contribution in [0.5, 0.6) is 17.2 Å². The molecule has 4 aromatic rings. The van der Waals surface area contributed by atoms with E-state index in [2.05, 4.69) is 37.7 Å². The van der Waals surface area contributed by atoms with E-state index >= 15 is 0 Å². The minimum atomic E-state index is 0.0137. The topological polar surface area (TPSA) is 126 Å². The van der Waals surface area contributed by atoms with Gasteiger partial charge in [-0.05, 0) is 24.5 Å². The van der Waals surface area contributed by atoms with Gasteiger partial charge in [0.1, 0.15) is 12.0 Å². The van der Waals surface area contributed by atoms with E-state index in [9.17, 15) is 5.11 Å².